The minimum Gasteiger partial charge on any atom is -0.449 e. The predicted molar refractivity (Wildman–Crippen MR) is 311 cm³/mol. The van der Waals surface area contributed by atoms with Crippen LogP contribution in [0.1, 0.15) is 157 Å². The van der Waals surface area contributed by atoms with Gasteiger partial charge in [-0.05, 0) is 196 Å². The van der Waals surface area contributed by atoms with Gasteiger partial charge in [0.15, 0.2) is 0 Å². The Kier molecular flexibility index (Phi) is 25.4. The zero-order chi connectivity index (χ0) is 60.1. The van der Waals surface area contributed by atoms with Crippen molar-refractivity contribution in [2.45, 2.75) is 182 Å². The number of hydrogen-bond donors (Lipinski definition) is 4. The maximum atomic E-state index is 15.0. The van der Waals surface area contributed by atoms with Crippen LogP contribution in [-0.2, 0) is 66.5 Å². The maximum Gasteiger partial charge on any atom is 0.309 e. The van der Waals surface area contributed by atoms with E-state index in [4.69, 9.17) is 57.6 Å². The second kappa shape index (κ2) is 31.5. The van der Waals surface area contributed by atoms with E-state index in [0.717, 1.165) is 116 Å². The Morgan fingerprint density at radius 2 is 0.702 bits per heavy atom. The average Bonchev–Trinajstić information content (AvgIpc) is 3.16. The summed E-state index contributed by atoms with van der Waals surface area (Å²) >= 11 is 0. The summed E-state index contributed by atoms with van der Waals surface area (Å²) in [4.78, 5) is 59.7. The highest BCUT2D eigenvalue weighted by Crippen LogP contribution is 2.70. The minimum absolute atomic E-state index is 0.0128. The average molecular weight is 1190 g/mol. The van der Waals surface area contributed by atoms with E-state index in [2.05, 4.69) is 27.7 Å². The molecule has 84 heavy (non-hydrogen) atoms. The summed E-state index contributed by atoms with van der Waals surface area (Å²) in [6.07, 6.45) is 13.8. The fourth-order valence-corrected chi connectivity index (χ4v) is 19.5. The van der Waals surface area contributed by atoms with Crippen molar-refractivity contribution in [3.05, 3.63) is 0 Å². The molecule has 18 nitrogen and oxygen atoms in total. The van der Waals surface area contributed by atoms with Crippen molar-refractivity contribution in [1.82, 2.24) is 0 Å². The second-order valence-electron chi connectivity index (χ2n) is 28.1. The number of rotatable bonds is 35. The van der Waals surface area contributed by atoms with E-state index in [1.165, 1.54) is 0 Å². The molecule has 8 fully saturated rings. The van der Waals surface area contributed by atoms with Gasteiger partial charge in [0.05, 0.1) is 130 Å². The molecule has 0 aromatic heterocycles. The monoisotopic (exact) mass is 1190 g/mol. The Bertz CT molecular complexity index is 1940. The molecule has 8 rings (SSSR count). The number of carbonyl (C=O) groups is 4. The van der Waals surface area contributed by atoms with E-state index in [1.54, 1.807) is 0 Å². The molecule has 8 saturated carbocycles. The molecule has 0 aromatic rings. The van der Waals surface area contributed by atoms with Crippen LogP contribution in [0.15, 0.2) is 0 Å². The van der Waals surface area contributed by atoms with Crippen molar-refractivity contribution in [1.29, 1.82) is 0 Å². The molecule has 18 heteroatoms. The highest BCUT2D eigenvalue weighted by Gasteiger charge is 2.63. The Hall–Kier alpha value is -2.20. The summed E-state index contributed by atoms with van der Waals surface area (Å²) in [5, 5.41) is 39.2. The van der Waals surface area contributed by atoms with Gasteiger partial charge in [-0.2, -0.15) is 0 Å². The van der Waals surface area contributed by atoms with Crippen molar-refractivity contribution in [2.24, 2.45) is 92.7 Å². The largest absolute Gasteiger partial charge is 0.449 e. The lowest BCUT2D eigenvalue weighted by molar-refractivity contribution is -0.185. The maximum absolute atomic E-state index is 15.0. The number of aliphatic hydroxyl groups excluding tert-OH is 4. The molecule has 8 aliphatic rings. The molecular weight excluding hydrogens is 1080 g/mol. The van der Waals surface area contributed by atoms with Crippen LogP contribution in [0.2, 0.25) is 0 Å². The fraction of sp³-hybridized carbons (Fsp3) is 0.939. The van der Waals surface area contributed by atoms with E-state index < -0.39 is 60.8 Å². The van der Waals surface area contributed by atoms with Crippen molar-refractivity contribution >= 4 is 23.5 Å². The third kappa shape index (κ3) is 15.7. The summed E-state index contributed by atoms with van der Waals surface area (Å²) in [5.74, 6) is 0.197. The summed E-state index contributed by atoms with van der Waals surface area (Å²) in [7, 11) is 0. The van der Waals surface area contributed by atoms with Gasteiger partial charge in [0.1, 0.15) is 13.2 Å². The van der Waals surface area contributed by atoms with Gasteiger partial charge in [0.25, 0.3) is 0 Å². The topological polar surface area (TPSA) is 241 Å². The molecule has 482 valence electrons. The van der Waals surface area contributed by atoms with E-state index in [0.29, 0.717) is 87.0 Å². The Labute approximate surface area is 501 Å². The third-order valence-corrected chi connectivity index (χ3v) is 24.0. The Morgan fingerprint density at radius 1 is 0.393 bits per heavy atom. The van der Waals surface area contributed by atoms with Crippen LogP contribution in [0.5, 0.6) is 0 Å². The van der Waals surface area contributed by atoms with Crippen molar-refractivity contribution < 1.29 is 87.0 Å². The highest BCUT2D eigenvalue weighted by molar-refractivity contribution is 5.97. The lowest BCUT2D eigenvalue weighted by Gasteiger charge is -2.61. The van der Waals surface area contributed by atoms with E-state index in [1.807, 2.05) is 13.8 Å². The van der Waals surface area contributed by atoms with Crippen molar-refractivity contribution in [3.63, 3.8) is 0 Å². The molecular formula is C66H110O18. The first-order chi connectivity index (χ1) is 40.4. The number of fused-ring (bicyclic) bond motifs is 10. The van der Waals surface area contributed by atoms with Gasteiger partial charge in [-0.3, -0.25) is 19.2 Å². The van der Waals surface area contributed by atoms with Gasteiger partial charge < -0.3 is 67.8 Å². The van der Waals surface area contributed by atoms with Crippen LogP contribution in [0.4, 0.5) is 0 Å². The van der Waals surface area contributed by atoms with Crippen LogP contribution < -0.4 is 0 Å². The summed E-state index contributed by atoms with van der Waals surface area (Å²) in [6.45, 7) is 15.5. The molecule has 0 aromatic carbocycles. The molecule has 8 aliphatic carbocycles. The standard InChI is InChI=1S/C66H110O18/c1-43(51-11-13-53-49-9-7-45-39-47(69)15-19-63(45,3)55(49)17-21-65(51,53)5)61(73)83-59(57(71)41-81-37-35-79-33-31-77-29-27-75-25-23-67)60(58(72)42-82-38-36-80-34-32-78-30-28-76-26-24-68)84-62(74)44(2)52-12-14-54-50-10-8-46-40-48(70)16-20-64(46,4)56(50)18-22-66(52,54)6/h43-56,59-60,67-70H,7-42H2,1-6H3/t43-,44-,45-,46-,47-,48-,49-,50-,51+,52+,53-,54-,55-,56-,59+,60+,63-,64-,65+,66+/m0/s1. The molecule has 0 radical (unpaired) electrons. The number of carbonyl (C=O) groups excluding carboxylic acids is 4. The molecule has 4 N–H and O–H groups in total. The van der Waals surface area contributed by atoms with Gasteiger partial charge in [0.2, 0.25) is 23.8 Å². The number of Topliss-reactive ketones (excluding diaryl/α,β-unsaturated/α-hetero) is 2. The molecule has 0 aliphatic heterocycles. The Balaban J connectivity index is 0.969. The molecule has 0 unspecified atom stereocenters. The molecule has 0 saturated heterocycles. The third-order valence-electron chi connectivity index (χ3n) is 24.0. The number of esters is 2. The molecule has 20 atom stereocenters. The van der Waals surface area contributed by atoms with Gasteiger partial charge in [-0.15, -0.1) is 0 Å². The van der Waals surface area contributed by atoms with Crippen LogP contribution in [-0.4, -0.2) is 187 Å². The second-order valence-corrected chi connectivity index (χ2v) is 28.1. The zero-order valence-electron chi connectivity index (χ0n) is 52.2. The van der Waals surface area contributed by atoms with Gasteiger partial charge in [0, 0.05) is 0 Å². The van der Waals surface area contributed by atoms with Crippen molar-refractivity contribution in [3.8, 4) is 0 Å². The summed E-state index contributed by atoms with van der Waals surface area (Å²) < 4.78 is 57.4. The summed E-state index contributed by atoms with van der Waals surface area (Å²) in [6, 6.07) is 0. The number of ether oxygens (including phenoxy) is 10. The van der Waals surface area contributed by atoms with Crippen molar-refractivity contribution in [2.75, 3.05) is 119 Å². The van der Waals surface area contributed by atoms with Gasteiger partial charge >= 0.3 is 11.9 Å². The SMILES string of the molecule is C[C@H](C(=O)O[C@H](C(=O)COCCOCCOCCOCCO)[C@H](OC(=O)[C@@H](C)[C@H]1CC[C@H]2[C@@H]3CC[C@H]4C[C@@H](O)CC[C@]4(C)[C@H]3CC[C@]12C)C(=O)COCCOCCOCCOCCO)[C@H]1CC[C@H]2[C@@H]3CC[C@H]4C[C@@H](O)CC[C@]4(C)[C@H]3CC[C@]12C. The Morgan fingerprint density at radius 3 is 1.05 bits per heavy atom. The van der Waals surface area contributed by atoms with Gasteiger partial charge in [-0.1, -0.05) is 41.5 Å². The molecule has 0 heterocycles. The van der Waals surface area contributed by atoms with E-state index in [9.17, 15) is 19.8 Å². The number of hydrogen-bond acceptors (Lipinski definition) is 18. The van der Waals surface area contributed by atoms with Crippen LogP contribution in [0.25, 0.3) is 0 Å². The molecule has 0 amide bonds. The smallest absolute Gasteiger partial charge is 0.309 e. The van der Waals surface area contributed by atoms with Crippen LogP contribution in [0, 0.1) is 92.7 Å². The first-order valence-electron chi connectivity index (χ1n) is 33.1. The number of ketones is 2. The van der Waals surface area contributed by atoms with E-state index >= 15 is 9.59 Å². The minimum atomic E-state index is -1.81. The first kappa shape index (κ1) is 67.7. The van der Waals surface area contributed by atoms with Gasteiger partial charge in [-0.25, -0.2) is 0 Å². The number of aliphatic hydroxyl groups is 4. The van der Waals surface area contributed by atoms with Crippen LogP contribution >= 0.6 is 0 Å². The van der Waals surface area contributed by atoms with E-state index in [-0.39, 0.29) is 112 Å². The fourth-order valence-electron chi connectivity index (χ4n) is 19.5. The first-order valence-corrected chi connectivity index (χ1v) is 33.1. The lowest BCUT2D eigenvalue weighted by atomic mass is 9.44. The highest BCUT2D eigenvalue weighted by atomic mass is 16.6. The van der Waals surface area contributed by atoms with Crippen LogP contribution in [0.3, 0.4) is 0 Å². The quantitative estimate of drug-likeness (QED) is 0.0357. The normalized spacial score (nSPS) is 37.5. The molecule has 0 bridgehead atoms. The molecule has 0 spiro atoms. The zero-order valence-corrected chi connectivity index (χ0v) is 52.2. The summed E-state index contributed by atoms with van der Waals surface area (Å²) in [5.41, 5.74) is 0.120. The lowest BCUT2D eigenvalue weighted by Crippen LogP contribution is -2.55. The predicted octanol–water partition coefficient (Wildman–Crippen LogP) is 7.38.